The molecule has 30 heavy (non-hydrogen) atoms. The number of aromatic nitrogens is 2. The van der Waals surface area contributed by atoms with Crippen LogP contribution >= 0.6 is 0 Å². The number of imidazole rings is 1. The fourth-order valence-corrected chi connectivity index (χ4v) is 6.08. The summed E-state index contributed by atoms with van der Waals surface area (Å²) in [7, 11) is 0. The first kappa shape index (κ1) is 19.6. The zero-order chi connectivity index (χ0) is 20.9. The molecule has 6 heteroatoms. The number of nitrogens with zero attached hydrogens (tertiary/aromatic N) is 3. The van der Waals surface area contributed by atoms with E-state index in [2.05, 4.69) is 24.1 Å². The van der Waals surface area contributed by atoms with Crippen LogP contribution in [0.5, 0.6) is 0 Å². The smallest absolute Gasteiger partial charge is 0.274 e. The molecule has 2 amide bonds. The lowest BCUT2D eigenvalue weighted by Crippen LogP contribution is -2.54. The summed E-state index contributed by atoms with van der Waals surface area (Å²) in [5.74, 6) is 2.02. The quantitative estimate of drug-likeness (QED) is 0.838. The zero-order valence-corrected chi connectivity index (χ0v) is 18.1. The van der Waals surface area contributed by atoms with Gasteiger partial charge in [0.1, 0.15) is 17.0 Å². The first-order chi connectivity index (χ1) is 14.4. The maximum atomic E-state index is 13.0. The predicted molar refractivity (Wildman–Crippen MR) is 115 cm³/mol. The van der Waals surface area contributed by atoms with Crippen molar-refractivity contribution >= 4 is 17.5 Å². The third kappa shape index (κ3) is 3.21. The molecule has 3 heterocycles. The average molecular weight is 409 g/mol. The highest BCUT2D eigenvalue weighted by Crippen LogP contribution is 2.61. The van der Waals surface area contributed by atoms with Gasteiger partial charge in [-0.1, -0.05) is 19.9 Å². The van der Waals surface area contributed by atoms with E-state index in [9.17, 15) is 9.59 Å². The second kappa shape index (κ2) is 7.40. The van der Waals surface area contributed by atoms with Crippen molar-refractivity contribution in [1.82, 2.24) is 19.6 Å². The van der Waals surface area contributed by atoms with E-state index in [0.717, 1.165) is 38.4 Å². The molecule has 6 rings (SSSR count). The molecule has 0 aromatic carbocycles. The van der Waals surface area contributed by atoms with Crippen molar-refractivity contribution in [3.63, 3.8) is 0 Å². The lowest BCUT2D eigenvalue weighted by molar-refractivity contribution is -0.103. The van der Waals surface area contributed by atoms with Gasteiger partial charge in [-0.05, 0) is 73.8 Å². The molecule has 3 atom stereocenters. The van der Waals surface area contributed by atoms with Crippen molar-refractivity contribution in [2.75, 3.05) is 19.6 Å². The van der Waals surface area contributed by atoms with Crippen molar-refractivity contribution in [2.24, 2.45) is 23.2 Å². The van der Waals surface area contributed by atoms with Crippen LogP contribution in [-0.4, -0.2) is 45.7 Å². The second-order valence-electron chi connectivity index (χ2n) is 10.0. The number of piperidine rings is 1. The van der Waals surface area contributed by atoms with Crippen LogP contribution in [0.1, 0.15) is 73.3 Å². The molecule has 3 saturated carbocycles. The van der Waals surface area contributed by atoms with Crippen LogP contribution in [0, 0.1) is 23.2 Å². The fraction of sp³-hybridized carbons (Fsp3) is 0.625. The topological polar surface area (TPSA) is 66.7 Å². The van der Waals surface area contributed by atoms with Crippen LogP contribution in [0.25, 0.3) is 5.65 Å². The molecule has 0 radical (unpaired) electrons. The van der Waals surface area contributed by atoms with Gasteiger partial charge in [0.2, 0.25) is 0 Å². The Labute approximate surface area is 178 Å². The van der Waals surface area contributed by atoms with Gasteiger partial charge < -0.3 is 10.2 Å². The summed E-state index contributed by atoms with van der Waals surface area (Å²) in [4.78, 5) is 32.2. The molecular formula is C24H32N4O2. The molecule has 1 aliphatic heterocycles. The molecule has 6 nitrogen and oxygen atoms in total. The summed E-state index contributed by atoms with van der Waals surface area (Å²) >= 11 is 0. The summed E-state index contributed by atoms with van der Waals surface area (Å²) in [5.41, 5.74) is 2.02. The van der Waals surface area contributed by atoms with Gasteiger partial charge in [-0.2, -0.15) is 0 Å². The Morgan fingerprint density at radius 2 is 1.97 bits per heavy atom. The van der Waals surface area contributed by atoms with Crippen LogP contribution in [0.15, 0.2) is 24.4 Å². The lowest BCUT2D eigenvalue weighted by Gasteiger charge is -2.60. The first-order valence-electron chi connectivity index (χ1n) is 11.5. The summed E-state index contributed by atoms with van der Waals surface area (Å²) in [5, 5.41) is 3.17. The largest absolute Gasteiger partial charge is 0.350 e. The Morgan fingerprint density at radius 3 is 2.70 bits per heavy atom. The normalized spacial score (nSPS) is 27.5. The van der Waals surface area contributed by atoms with E-state index in [1.54, 1.807) is 10.6 Å². The number of rotatable bonds is 4. The minimum atomic E-state index is -0.0887. The number of amides is 2. The molecule has 1 saturated heterocycles. The van der Waals surface area contributed by atoms with E-state index in [1.807, 2.05) is 23.1 Å². The number of carbonyl (C=O) groups is 2. The number of likely N-dealkylation sites (tertiary alicyclic amines) is 1. The van der Waals surface area contributed by atoms with Crippen molar-refractivity contribution in [3.05, 3.63) is 35.8 Å². The standard InChI is InChI=1S/C24H32N4O2/c1-24(2)17-10-9-16(18(24)13-17)14-25-22(29)20-7-6-8-21-26-19(15-28(20)21)23(30)27-11-4-3-5-12-27/h6-8,15-18H,3-5,9-14H2,1-2H3,(H,25,29)/t16-,17-,18-/m0/s1. The lowest BCUT2D eigenvalue weighted by atomic mass is 9.45. The molecule has 2 aromatic rings. The SMILES string of the molecule is CC1(C)[C@H]2CC[C@@H](CNC(=O)c3cccc4nc(C(=O)N5CCCCC5)cn34)[C@@H]1C2. The van der Waals surface area contributed by atoms with E-state index in [1.165, 1.54) is 25.7 Å². The molecule has 2 aromatic heterocycles. The second-order valence-corrected chi connectivity index (χ2v) is 10.0. The molecule has 0 unspecified atom stereocenters. The molecule has 4 fully saturated rings. The minimum Gasteiger partial charge on any atom is -0.350 e. The van der Waals surface area contributed by atoms with Crippen LogP contribution in [0.4, 0.5) is 0 Å². The summed E-state index contributed by atoms with van der Waals surface area (Å²) in [6, 6.07) is 5.50. The maximum absolute atomic E-state index is 13.0. The van der Waals surface area contributed by atoms with Gasteiger partial charge in [0.25, 0.3) is 11.8 Å². The van der Waals surface area contributed by atoms with Gasteiger partial charge in [-0.3, -0.25) is 14.0 Å². The number of nitrogens with one attached hydrogen (secondary N) is 1. The van der Waals surface area contributed by atoms with Gasteiger partial charge in [0, 0.05) is 25.8 Å². The van der Waals surface area contributed by atoms with Crippen molar-refractivity contribution in [2.45, 2.75) is 52.4 Å². The molecular weight excluding hydrogens is 376 g/mol. The van der Waals surface area contributed by atoms with E-state index in [0.29, 0.717) is 34.3 Å². The van der Waals surface area contributed by atoms with E-state index >= 15 is 0 Å². The van der Waals surface area contributed by atoms with Crippen molar-refractivity contribution < 1.29 is 9.59 Å². The van der Waals surface area contributed by atoms with E-state index < -0.39 is 0 Å². The molecule has 0 spiro atoms. The Morgan fingerprint density at radius 1 is 1.17 bits per heavy atom. The third-order valence-electron chi connectivity index (χ3n) is 8.11. The number of fused-ring (bicyclic) bond motifs is 3. The summed E-state index contributed by atoms with van der Waals surface area (Å²) in [6.07, 6.45) is 8.80. The first-order valence-corrected chi connectivity index (χ1v) is 11.5. The van der Waals surface area contributed by atoms with E-state index in [4.69, 9.17) is 0 Å². The van der Waals surface area contributed by atoms with Crippen molar-refractivity contribution in [1.29, 1.82) is 0 Å². The van der Waals surface area contributed by atoms with Gasteiger partial charge in [-0.15, -0.1) is 0 Å². The Hall–Kier alpha value is -2.37. The van der Waals surface area contributed by atoms with Crippen LogP contribution in [0.3, 0.4) is 0 Å². The van der Waals surface area contributed by atoms with Crippen LogP contribution in [0.2, 0.25) is 0 Å². The Kier molecular flexibility index (Phi) is 4.83. The molecule has 3 aliphatic carbocycles. The molecule has 2 bridgehead atoms. The van der Waals surface area contributed by atoms with Crippen molar-refractivity contribution in [3.8, 4) is 0 Å². The minimum absolute atomic E-state index is 0.0336. The fourth-order valence-electron chi connectivity index (χ4n) is 6.08. The van der Waals surface area contributed by atoms with Gasteiger partial charge in [0.15, 0.2) is 0 Å². The summed E-state index contributed by atoms with van der Waals surface area (Å²) < 4.78 is 1.76. The molecule has 1 N–H and O–H groups in total. The van der Waals surface area contributed by atoms with Crippen LogP contribution in [-0.2, 0) is 0 Å². The highest BCUT2D eigenvalue weighted by molar-refractivity contribution is 5.95. The number of pyridine rings is 1. The number of hydrogen-bond donors (Lipinski definition) is 1. The van der Waals surface area contributed by atoms with Crippen LogP contribution < -0.4 is 5.32 Å². The number of hydrogen-bond acceptors (Lipinski definition) is 3. The summed E-state index contributed by atoms with van der Waals surface area (Å²) in [6.45, 7) is 7.07. The monoisotopic (exact) mass is 408 g/mol. The predicted octanol–water partition coefficient (Wildman–Crippen LogP) is 3.76. The zero-order valence-electron chi connectivity index (χ0n) is 18.1. The third-order valence-corrected chi connectivity index (χ3v) is 8.11. The Bertz CT molecular complexity index is 971. The average Bonchev–Trinajstić information content (AvgIpc) is 3.22. The maximum Gasteiger partial charge on any atom is 0.274 e. The highest BCUT2D eigenvalue weighted by atomic mass is 16.2. The number of carbonyl (C=O) groups excluding carboxylic acids is 2. The van der Waals surface area contributed by atoms with Gasteiger partial charge in [-0.25, -0.2) is 4.98 Å². The van der Waals surface area contributed by atoms with Gasteiger partial charge in [0.05, 0.1) is 0 Å². The highest BCUT2D eigenvalue weighted by Gasteiger charge is 2.53. The molecule has 160 valence electrons. The van der Waals surface area contributed by atoms with E-state index in [-0.39, 0.29) is 11.8 Å². The Balaban J connectivity index is 1.31. The van der Waals surface area contributed by atoms with Gasteiger partial charge >= 0.3 is 0 Å². The molecule has 4 aliphatic rings.